The average Bonchev–Trinajstić information content (AvgIpc) is 2.62. The smallest absolute Gasteiger partial charge is 0.154 e. The van der Waals surface area contributed by atoms with Crippen molar-refractivity contribution in [3.63, 3.8) is 0 Å². The van der Waals surface area contributed by atoms with Crippen LogP contribution >= 0.6 is 15.9 Å². The second-order valence-electron chi connectivity index (χ2n) is 3.65. The van der Waals surface area contributed by atoms with E-state index in [2.05, 4.69) is 20.9 Å². The molecule has 16 heavy (non-hydrogen) atoms. The molecule has 0 spiro atoms. The molecule has 5 heteroatoms. The summed E-state index contributed by atoms with van der Waals surface area (Å²) in [7, 11) is -2.99. The minimum atomic E-state index is -2.99. The predicted molar refractivity (Wildman–Crippen MR) is 69.2 cm³/mol. The van der Waals surface area contributed by atoms with Crippen LogP contribution in [0.4, 0.5) is 0 Å². The second kappa shape index (κ2) is 4.22. The van der Waals surface area contributed by atoms with Gasteiger partial charge in [-0.25, -0.2) is 8.42 Å². The summed E-state index contributed by atoms with van der Waals surface area (Å²) in [6, 6.07) is 5.77. The van der Waals surface area contributed by atoms with Crippen molar-refractivity contribution in [1.29, 1.82) is 0 Å². The highest BCUT2D eigenvalue weighted by Gasteiger charge is 2.14. The first-order chi connectivity index (χ1) is 7.53. The van der Waals surface area contributed by atoms with E-state index >= 15 is 0 Å². The number of rotatable bonds is 3. The number of fused-ring (bicyclic) bond motifs is 1. The molecule has 0 bridgehead atoms. The number of benzene rings is 1. The highest BCUT2D eigenvalue weighted by molar-refractivity contribution is 9.10. The van der Waals surface area contributed by atoms with Crippen molar-refractivity contribution in [2.24, 2.45) is 0 Å². The summed E-state index contributed by atoms with van der Waals surface area (Å²) in [6.07, 6.45) is 1.77. The molecule has 2 aromatic rings. The normalized spacial score (nSPS) is 12.1. The zero-order chi connectivity index (χ0) is 11.8. The van der Waals surface area contributed by atoms with Gasteiger partial charge < -0.3 is 4.98 Å². The predicted octanol–water partition coefficient (Wildman–Crippen LogP) is 2.87. The molecule has 0 saturated heterocycles. The highest BCUT2D eigenvalue weighted by atomic mass is 79.9. The van der Waals surface area contributed by atoms with E-state index in [1.54, 1.807) is 13.1 Å². The van der Waals surface area contributed by atoms with Gasteiger partial charge in [-0.3, -0.25) is 0 Å². The van der Waals surface area contributed by atoms with Crippen molar-refractivity contribution in [2.45, 2.75) is 12.7 Å². The Labute approximate surface area is 103 Å². The lowest BCUT2D eigenvalue weighted by molar-refractivity contribution is 0.596. The number of aromatic amines is 1. The first kappa shape index (κ1) is 11.7. The minimum Gasteiger partial charge on any atom is -0.361 e. The third kappa shape index (κ3) is 2.15. The van der Waals surface area contributed by atoms with E-state index < -0.39 is 9.84 Å². The maximum Gasteiger partial charge on any atom is 0.154 e. The van der Waals surface area contributed by atoms with Gasteiger partial charge in [0.05, 0.1) is 5.75 Å². The van der Waals surface area contributed by atoms with Crippen molar-refractivity contribution >= 4 is 36.7 Å². The molecule has 1 aromatic heterocycles. The van der Waals surface area contributed by atoms with E-state index in [9.17, 15) is 8.42 Å². The Bertz CT molecular complexity index is 616. The summed E-state index contributed by atoms with van der Waals surface area (Å²) in [5, 5.41) is 0.958. The van der Waals surface area contributed by atoms with Gasteiger partial charge in [0.2, 0.25) is 0 Å². The van der Waals surface area contributed by atoms with E-state index in [0.717, 1.165) is 20.9 Å². The number of sulfone groups is 1. The topological polar surface area (TPSA) is 49.9 Å². The van der Waals surface area contributed by atoms with E-state index in [1.165, 1.54) is 0 Å². The Morgan fingerprint density at radius 1 is 1.38 bits per heavy atom. The Balaban J connectivity index is 2.54. The van der Waals surface area contributed by atoms with Crippen molar-refractivity contribution < 1.29 is 8.42 Å². The Kier molecular flexibility index (Phi) is 3.08. The maximum absolute atomic E-state index is 11.6. The molecule has 2 rings (SSSR count). The molecule has 0 atom stereocenters. The van der Waals surface area contributed by atoms with E-state index in [1.807, 2.05) is 18.2 Å². The van der Waals surface area contributed by atoms with E-state index in [-0.39, 0.29) is 11.5 Å². The van der Waals surface area contributed by atoms with Crippen molar-refractivity contribution in [3.05, 3.63) is 34.4 Å². The van der Waals surface area contributed by atoms with Gasteiger partial charge in [0.25, 0.3) is 0 Å². The molecule has 86 valence electrons. The van der Waals surface area contributed by atoms with Crippen LogP contribution in [-0.2, 0) is 15.6 Å². The molecule has 0 amide bonds. The Hall–Kier alpha value is -0.810. The summed E-state index contributed by atoms with van der Waals surface area (Å²) >= 11 is 3.44. The molecule has 0 saturated carbocycles. The number of halogens is 1. The monoisotopic (exact) mass is 301 g/mol. The second-order valence-corrected chi connectivity index (χ2v) is 6.86. The molecular weight excluding hydrogens is 290 g/mol. The minimum absolute atomic E-state index is 0.0894. The van der Waals surface area contributed by atoms with Crippen LogP contribution in [0.2, 0.25) is 0 Å². The van der Waals surface area contributed by atoms with Gasteiger partial charge in [0, 0.05) is 27.3 Å². The lowest BCUT2D eigenvalue weighted by Crippen LogP contribution is -2.06. The van der Waals surface area contributed by atoms with Crippen LogP contribution in [0, 0.1) is 0 Å². The van der Waals surface area contributed by atoms with Crippen LogP contribution < -0.4 is 0 Å². The van der Waals surface area contributed by atoms with Gasteiger partial charge in [-0.15, -0.1) is 0 Å². The molecule has 1 N–H and O–H groups in total. The molecule has 1 aromatic carbocycles. The summed E-state index contributed by atoms with van der Waals surface area (Å²) < 4.78 is 24.1. The Morgan fingerprint density at radius 3 is 2.81 bits per heavy atom. The lowest BCUT2D eigenvalue weighted by Gasteiger charge is -2.01. The van der Waals surface area contributed by atoms with Gasteiger partial charge in [-0.2, -0.15) is 0 Å². The zero-order valence-corrected chi connectivity index (χ0v) is 11.2. The highest BCUT2D eigenvalue weighted by Crippen LogP contribution is 2.28. The number of H-pyrrole nitrogens is 1. The SMILES string of the molecule is CCS(=O)(=O)Cc1c[nH]c2cccc(Br)c12. The first-order valence-electron chi connectivity index (χ1n) is 4.98. The van der Waals surface area contributed by atoms with E-state index in [0.29, 0.717) is 0 Å². The fraction of sp³-hybridized carbons (Fsp3) is 0.273. The molecule has 3 nitrogen and oxygen atoms in total. The summed E-state index contributed by atoms with van der Waals surface area (Å²) in [5.41, 5.74) is 1.78. The zero-order valence-electron chi connectivity index (χ0n) is 8.83. The standard InChI is InChI=1S/C11H12BrNO2S/c1-2-16(14,15)7-8-6-13-10-5-3-4-9(12)11(8)10/h3-6,13H,2,7H2,1H3. The number of aromatic nitrogens is 1. The quantitative estimate of drug-likeness (QED) is 0.948. The van der Waals surface area contributed by atoms with Crippen molar-refractivity contribution in [3.8, 4) is 0 Å². The molecule has 0 radical (unpaired) electrons. The van der Waals surface area contributed by atoms with Crippen molar-refractivity contribution in [1.82, 2.24) is 4.98 Å². The van der Waals surface area contributed by atoms with Crippen LogP contribution in [0.3, 0.4) is 0 Å². The average molecular weight is 302 g/mol. The molecule has 1 heterocycles. The fourth-order valence-corrected chi connectivity index (χ4v) is 3.19. The third-order valence-electron chi connectivity index (χ3n) is 2.55. The van der Waals surface area contributed by atoms with Gasteiger partial charge in [-0.05, 0) is 17.7 Å². The van der Waals surface area contributed by atoms with Crippen LogP contribution in [0.5, 0.6) is 0 Å². The molecule has 0 aliphatic heterocycles. The molecule has 0 aliphatic carbocycles. The molecule has 0 aliphatic rings. The van der Waals surface area contributed by atoms with E-state index in [4.69, 9.17) is 0 Å². The van der Waals surface area contributed by atoms with Crippen LogP contribution in [0.1, 0.15) is 12.5 Å². The van der Waals surface area contributed by atoms with Gasteiger partial charge in [-0.1, -0.05) is 28.9 Å². The lowest BCUT2D eigenvalue weighted by atomic mass is 10.2. The van der Waals surface area contributed by atoms with Crippen LogP contribution in [0.25, 0.3) is 10.9 Å². The van der Waals surface area contributed by atoms with Gasteiger partial charge in [0.15, 0.2) is 9.84 Å². The van der Waals surface area contributed by atoms with Crippen LogP contribution in [-0.4, -0.2) is 19.2 Å². The Morgan fingerprint density at radius 2 is 2.12 bits per heavy atom. The summed E-state index contributed by atoms with van der Waals surface area (Å²) in [6.45, 7) is 1.67. The number of hydrogen-bond acceptors (Lipinski definition) is 2. The third-order valence-corrected chi connectivity index (χ3v) is 4.84. The molecule has 0 unspecified atom stereocenters. The van der Waals surface area contributed by atoms with Crippen LogP contribution in [0.15, 0.2) is 28.9 Å². The molecular formula is C11H12BrNO2S. The van der Waals surface area contributed by atoms with Gasteiger partial charge in [0.1, 0.15) is 0 Å². The van der Waals surface area contributed by atoms with Gasteiger partial charge >= 0.3 is 0 Å². The summed E-state index contributed by atoms with van der Waals surface area (Å²) in [4.78, 5) is 3.08. The number of nitrogens with one attached hydrogen (secondary N) is 1. The largest absolute Gasteiger partial charge is 0.361 e. The maximum atomic E-state index is 11.6. The summed E-state index contributed by atoms with van der Waals surface area (Å²) in [5.74, 6) is 0.260. The molecule has 0 fully saturated rings. The van der Waals surface area contributed by atoms with Crippen molar-refractivity contribution in [2.75, 3.05) is 5.75 Å². The first-order valence-corrected chi connectivity index (χ1v) is 7.60. The fourth-order valence-electron chi connectivity index (χ4n) is 1.66. The number of hydrogen-bond donors (Lipinski definition) is 1.